The van der Waals surface area contributed by atoms with Crippen LogP contribution in [0.5, 0.6) is 0 Å². The summed E-state index contributed by atoms with van der Waals surface area (Å²) in [5, 5.41) is 22.3. The van der Waals surface area contributed by atoms with Gasteiger partial charge >= 0.3 is 12.0 Å². The van der Waals surface area contributed by atoms with Crippen molar-refractivity contribution in [2.24, 2.45) is 0 Å². The minimum absolute atomic E-state index is 0.328. The number of hydrogen-bond acceptors (Lipinski definition) is 4. The molecule has 2 amide bonds. The number of carbonyl (C=O) groups is 2. The van der Waals surface area contributed by atoms with Crippen molar-refractivity contribution in [3.05, 3.63) is 23.2 Å². The van der Waals surface area contributed by atoms with Crippen LogP contribution in [-0.4, -0.2) is 34.9 Å². The van der Waals surface area contributed by atoms with Crippen molar-refractivity contribution in [2.45, 2.75) is 32.9 Å². The van der Waals surface area contributed by atoms with Gasteiger partial charge in [0.15, 0.2) is 6.04 Å². The summed E-state index contributed by atoms with van der Waals surface area (Å²) in [7, 11) is 0. The van der Waals surface area contributed by atoms with E-state index in [0.29, 0.717) is 5.76 Å². The van der Waals surface area contributed by atoms with E-state index in [1.807, 2.05) is 0 Å². The molecule has 0 aliphatic carbocycles. The number of carboxylic acid groups (broad SMARTS) is 1. The van der Waals surface area contributed by atoms with Crippen LogP contribution in [-0.2, 0) is 4.79 Å². The summed E-state index contributed by atoms with van der Waals surface area (Å²) in [6, 6.07) is -0.502. The lowest BCUT2D eigenvalue weighted by Gasteiger charge is -2.16. The van der Waals surface area contributed by atoms with Crippen LogP contribution < -0.4 is 10.6 Å². The molecule has 0 aliphatic heterocycles. The van der Waals surface area contributed by atoms with Crippen molar-refractivity contribution in [3.8, 4) is 0 Å². The molecule has 2 atom stereocenters. The molecule has 0 saturated heterocycles. The Morgan fingerprint density at radius 3 is 2.42 bits per heavy atom. The first-order valence-corrected chi connectivity index (χ1v) is 5.82. The minimum Gasteiger partial charge on any atom is -0.480 e. The predicted octanol–water partition coefficient (Wildman–Crippen LogP) is 0.702. The number of carboxylic acids is 1. The van der Waals surface area contributed by atoms with Crippen LogP contribution in [0.1, 0.15) is 30.0 Å². The van der Waals surface area contributed by atoms with E-state index in [1.54, 1.807) is 26.8 Å². The first kappa shape index (κ1) is 15.0. The number of rotatable bonds is 5. The molecule has 0 fully saturated rings. The molecule has 0 aromatic carbocycles. The molecule has 7 nitrogen and oxygen atoms in total. The number of furan rings is 1. The summed E-state index contributed by atoms with van der Waals surface area (Å²) in [4.78, 5) is 22.3. The third-order valence-electron chi connectivity index (χ3n) is 2.68. The average Bonchev–Trinajstić information content (AvgIpc) is 2.65. The Hall–Kier alpha value is -2.02. The number of urea groups is 1. The second-order valence-corrected chi connectivity index (χ2v) is 4.28. The molecule has 1 aromatic heterocycles. The number of nitrogens with one attached hydrogen (secondary N) is 2. The molecular formula is C12H18N2O5. The van der Waals surface area contributed by atoms with Crippen molar-refractivity contribution in [2.75, 3.05) is 6.61 Å². The maximum atomic E-state index is 11.6. The molecule has 106 valence electrons. The maximum absolute atomic E-state index is 11.6. The number of carbonyl (C=O) groups excluding carboxylic acids is 1. The van der Waals surface area contributed by atoms with Gasteiger partial charge in [0.1, 0.15) is 11.5 Å². The fourth-order valence-corrected chi connectivity index (χ4v) is 1.74. The Morgan fingerprint density at radius 2 is 2.00 bits per heavy atom. The zero-order valence-corrected chi connectivity index (χ0v) is 11.1. The van der Waals surface area contributed by atoms with E-state index in [4.69, 9.17) is 14.6 Å². The minimum atomic E-state index is -1.32. The van der Waals surface area contributed by atoms with E-state index in [-0.39, 0.29) is 6.04 Å². The Labute approximate surface area is 110 Å². The predicted molar refractivity (Wildman–Crippen MR) is 66.8 cm³/mol. The summed E-state index contributed by atoms with van der Waals surface area (Å²) in [5.41, 5.74) is 0.823. The monoisotopic (exact) mass is 270 g/mol. The van der Waals surface area contributed by atoms with Crippen LogP contribution in [0.15, 0.2) is 10.5 Å². The van der Waals surface area contributed by atoms with Gasteiger partial charge in [-0.3, -0.25) is 0 Å². The fourth-order valence-electron chi connectivity index (χ4n) is 1.74. The molecule has 0 radical (unpaired) electrons. The highest BCUT2D eigenvalue weighted by Crippen LogP contribution is 2.20. The SMILES string of the molecule is Cc1cc(C(C)NC(=O)NC(CO)C(=O)O)c(C)o1. The maximum Gasteiger partial charge on any atom is 0.328 e. The number of amides is 2. The molecule has 1 aromatic rings. The molecule has 0 bridgehead atoms. The molecule has 1 heterocycles. The highest BCUT2D eigenvalue weighted by Gasteiger charge is 2.21. The first-order chi connectivity index (χ1) is 8.85. The Balaban J connectivity index is 2.62. The molecule has 1 rings (SSSR count). The molecule has 4 N–H and O–H groups in total. The summed E-state index contributed by atoms with van der Waals surface area (Å²) >= 11 is 0. The molecule has 2 unspecified atom stereocenters. The fraction of sp³-hybridized carbons (Fsp3) is 0.500. The summed E-state index contributed by atoms with van der Waals surface area (Å²) in [6.07, 6.45) is 0. The normalized spacial score (nSPS) is 13.7. The molecule has 7 heteroatoms. The van der Waals surface area contributed by atoms with Crippen LogP contribution in [0, 0.1) is 13.8 Å². The van der Waals surface area contributed by atoms with Gasteiger partial charge < -0.3 is 25.3 Å². The van der Waals surface area contributed by atoms with Crippen molar-refractivity contribution < 1.29 is 24.2 Å². The van der Waals surface area contributed by atoms with E-state index in [2.05, 4.69) is 10.6 Å². The lowest BCUT2D eigenvalue weighted by molar-refractivity contribution is -0.140. The molecule has 0 saturated carbocycles. The van der Waals surface area contributed by atoms with E-state index in [0.717, 1.165) is 11.3 Å². The van der Waals surface area contributed by atoms with Crippen LogP contribution >= 0.6 is 0 Å². The zero-order chi connectivity index (χ0) is 14.6. The van der Waals surface area contributed by atoms with E-state index in [9.17, 15) is 9.59 Å². The smallest absolute Gasteiger partial charge is 0.328 e. The number of aliphatic carboxylic acids is 1. The standard InChI is InChI=1S/C12H18N2O5/c1-6-4-9(8(3)19-6)7(2)13-12(18)14-10(5-15)11(16)17/h4,7,10,15H,5H2,1-3H3,(H,16,17)(H2,13,14,18). The first-order valence-electron chi connectivity index (χ1n) is 5.82. The van der Waals surface area contributed by atoms with Crippen molar-refractivity contribution in [1.29, 1.82) is 0 Å². The van der Waals surface area contributed by atoms with Gasteiger partial charge in [0, 0.05) is 5.56 Å². The van der Waals surface area contributed by atoms with Gasteiger partial charge in [-0.15, -0.1) is 0 Å². The molecule has 19 heavy (non-hydrogen) atoms. The Bertz CT molecular complexity index is 469. The number of hydrogen-bond donors (Lipinski definition) is 4. The highest BCUT2D eigenvalue weighted by molar-refractivity contribution is 5.82. The van der Waals surface area contributed by atoms with Gasteiger partial charge in [-0.25, -0.2) is 9.59 Å². The van der Waals surface area contributed by atoms with E-state index in [1.165, 1.54) is 0 Å². The number of aliphatic hydroxyl groups is 1. The Morgan fingerprint density at radius 1 is 1.37 bits per heavy atom. The van der Waals surface area contributed by atoms with Crippen LogP contribution in [0.25, 0.3) is 0 Å². The highest BCUT2D eigenvalue weighted by atomic mass is 16.4. The van der Waals surface area contributed by atoms with Crippen LogP contribution in [0.3, 0.4) is 0 Å². The van der Waals surface area contributed by atoms with Crippen molar-refractivity contribution >= 4 is 12.0 Å². The third kappa shape index (κ3) is 3.99. The van der Waals surface area contributed by atoms with Gasteiger partial charge in [0.25, 0.3) is 0 Å². The number of aryl methyl sites for hydroxylation is 2. The van der Waals surface area contributed by atoms with Gasteiger partial charge in [-0.1, -0.05) is 0 Å². The zero-order valence-electron chi connectivity index (χ0n) is 11.1. The van der Waals surface area contributed by atoms with Crippen LogP contribution in [0.2, 0.25) is 0 Å². The van der Waals surface area contributed by atoms with Gasteiger partial charge in [0.05, 0.1) is 12.6 Å². The van der Waals surface area contributed by atoms with Gasteiger partial charge in [0.2, 0.25) is 0 Å². The molecule has 0 aliphatic rings. The molecular weight excluding hydrogens is 252 g/mol. The third-order valence-corrected chi connectivity index (χ3v) is 2.68. The van der Waals surface area contributed by atoms with Crippen molar-refractivity contribution in [3.63, 3.8) is 0 Å². The number of aliphatic hydroxyl groups excluding tert-OH is 1. The second kappa shape index (κ2) is 6.24. The second-order valence-electron chi connectivity index (χ2n) is 4.28. The quantitative estimate of drug-likeness (QED) is 0.629. The van der Waals surface area contributed by atoms with Gasteiger partial charge in [-0.2, -0.15) is 0 Å². The average molecular weight is 270 g/mol. The lowest BCUT2D eigenvalue weighted by atomic mass is 10.1. The largest absolute Gasteiger partial charge is 0.480 e. The van der Waals surface area contributed by atoms with Crippen molar-refractivity contribution in [1.82, 2.24) is 10.6 Å². The lowest BCUT2D eigenvalue weighted by Crippen LogP contribution is -2.48. The topological polar surface area (TPSA) is 112 Å². The summed E-state index contributed by atoms with van der Waals surface area (Å²) < 4.78 is 5.35. The van der Waals surface area contributed by atoms with Crippen LogP contribution in [0.4, 0.5) is 4.79 Å². The summed E-state index contributed by atoms with van der Waals surface area (Å²) in [5.74, 6) is 0.142. The molecule has 0 spiro atoms. The van der Waals surface area contributed by atoms with Gasteiger partial charge in [-0.05, 0) is 26.8 Å². The van der Waals surface area contributed by atoms with E-state index >= 15 is 0 Å². The van der Waals surface area contributed by atoms with E-state index < -0.39 is 24.6 Å². The Kier molecular flexibility index (Phi) is 4.94. The summed E-state index contributed by atoms with van der Waals surface area (Å²) in [6.45, 7) is 4.67.